The summed E-state index contributed by atoms with van der Waals surface area (Å²) in [6.45, 7) is 0.600. The monoisotopic (exact) mass is 562 g/mol. The van der Waals surface area contributed by atoms with Crippen molar-refractivity contribution in [2.75, 3.05) is 23.9 Å². The Labute approximate surface area is 224 Å². The second-order valence-electron chi connectivity index (χ2n) is 8.41. The van der Waals surface area contributed by atoms with Crippen LogP contribution in [0.3, 0.4) is 0 Å². The fourth-order valence-corrected chi connectivity index (χ4v) is 4.95. The first-order chi connectivity index (χ1) is 18.2. The molecule has 1 aliphatic heterocycles. The molecule has 3 N–H and O–H groups in total. The molecule has 2 aromatic carbocycles. The molecule has 1 aliphatic rings. The number of primary amides is 1. The summed E-state index contributed by atoms with van der Waals surface area (Å²) in [6.07, 6.45) is 1.82. The zero-order chi connectivity index (χ0) is 27.1. The van der Waals surface area contributed by atoms with E-state index in [0.717, 1.165) is 12.1 Å². The van der Waals surface area contributed by atoms with Crippen molar-refractivity contribution in [3.63, 3.8) is 0 Å². The lowest BCUT2D eigenvalue weighted by molar-refractivity contribution is 0.259. The summed E-state index contributed by atoms with van der Waals surface area (Å²) in [5.74, 6) is -1.95. The average Bonchev–Trinajstić information content (AvgIpc) is 3.23. The second-order valence-corrected chi connectivity index (χ2v) is 9.25. The third-order valence-electron chi connectivity index (χ3n) is 6.07. The Bertz CT molecular complexity index is 1580. The maximum absolute atomic E-state index is 15.5. The molecule has 5 rings (SSSR count). The maximum Gasteiger partial charge on any atom is 0.316 e. The molecule has 13 heteroatoms. The smallest absolute Gasteiger partial charge is 0.316 e. The third kappa shape index (κ3) is 4.59. The zero-order valence-corrected chi connectivity index (χ0v) is 21.2. The topological polar surface area (TPSA) is 98.3 Å². The van der Waals surface area contributed by atoms with Gasteiger partial charge < -0.3 is 20.7 Å². The van der Waals surface area contributed by atoms with Crippen LogP contribution in [0.5, 0.6) is 5.75 Å². The number of nitrogens with zero attached hydrogens (tertiary/aromatic N) is 4. The minimum Gasteiger partial charge on any atom is -0.494 e. The van der Waals surface area contributed by atoms with E-state index < -0.39 is 29.2 Å². The van der Waals surface area contributed by atoms with Gasteiger partial charge in [0.15, 0.2) is 5.82 Å². The van der Waals surface area contributed by atoms with Crippen LogP contribution in [0.2, 0.25) is 10.0 Å². The van der Waals surface area contributed by atoms with Gasteiger partial charge in [-0.15, -0.1) is 0 Å². The van der Waals surface area contributed by atoms with E-state index in [0.29, 0.717) is 40.1 Å². The Morgan fingerprint density at radius 3 is 2.63 bits per heavy atom. The Morgan fingerprint density at radius 2 is 1.92 bits per heavy atom. The number of ether oxygens (including phenoxy) is 1. The molecule has 0 aliphatic carbocycles. The number of urea groups is 1. The van der Waals surface area contributed by atoms with Crippen LogP contribution in [0, 0.1) is 17.5 Å². The van der Waals surface area contributed by atoms with Crippen LogP contribution in [0.15, 0.2) is 42.6 Å². The summed E-state index contributed by atoms with van der Waals surface area (Å²) >= 11 is 12.4. The molecule has 0 spiro atoms. The highest BCUT2D eigenvalue weighted by Crippen LogP contribution is 2.40. The first-order valence-electron chi connectivity index (χ1n) is 11.2. The molecular formula is C25H19Cl2F3N6O2. The van der Waals surface area contributed by atoms with Crippen LogP contribution in [0.1, 0.15) is 11.3 Å². The van der Waals surface area contributed by atoms with Crippen molar-refractivity contribution in [3.05, 3.63) is 81.3 Å². The summed E-state index contributed by atoms with van der Waals surface area (Å²) in [7, 11) is 1.36. The molecule has 2 amide bonds. The normalized spacial score (nSPS) is 12.8. The number of benzene rings is 2. The fourth-order valence-electron chi connectivity index (χ4n) is 4.46. The molecule has 38 heavy (non-hydrogen) atoms. The van der Waals surface area contributed by atoms with Crippen molar-refractivity contribution in [2.45, 2.75) is 13.0 Å². The van der Waals surface area contributed by atoms with Gasteiger partial charge in [0.1, 0.15) is 28.9 Å². The quantitative estimate of drug-likeness (QED) is 0.324. The number of amides is 2. The zero-order valence-electron chi connectivity index (χ0n) is 19.7. The van der Waals surface area contributed by atoms with Crippen molar-refractivity contribution < 1.29 is 22.7 Å². The standard InChI is InChI=1S/C25H19Cl2F3N6O2/c1-38-21-4-2-3-16(28)23(21)36-22(13-8-18(30)20(9-17(13)29)33-25(31)37)14-11-35(6-5-19(14)34-36)24-15(27)7-12(26)10-32-24/h2-4,7-10H,5-6,11H2,1H3,(H3,31,33,37). The van der Waals surface area contributed by atoms with E-state index in [1.807, 2.05) is 10.2 Å². The van der Waals surface area contributed by atoms with Gasteiger partial charge in [-0.05, 0) is 24.3 Å². The van der Waals surface area contributed by atoms with Gasteiger partial charge in [0.2, 0.25) is 0 Å². The van der Waals surface area contributed by atoms with Crippen molar-refractivity contribution in [1.29, 1.82) is 0 Å². The number of aromatic nitrogens is 3. The van der Waals surface area contributed by atoms with E-state index in [1.54, 1.807) is 6.07 Å². The van der Waals surface area contributed by atoms with Crippen LogP contribution in [-0.2, 0) is 13.0 Å². The maximum atomic E-state index is 15.5. The second kappa shape index (κ2) is 10.1. The van der Waals surface area contributed by atoms with E-state index >= 15 is 8.78 Å². The van der Waals surface area contributed by atoms with E-state index in [2.05, 4.69) is 10.1 Å². The first kappa shape index (κ1) is 25.7. The summed E-state index contributed by atoms with van der Waals surface area (Å²) in [4.78, 5) is 17.4. The number of halogens is 5. The summed E-state index contributed by atoms with van der Waals surface area (Å²) in [5, 5.41) is 7.30. The first-order valence-corrected chi connectivity index (χ1v) is 12.0. The lowest BCUT2D eigenvalue weighted by Gasteiger charge is -2.28. The summed E-state index contributed by atoms with van der Waals surface area (Å²) < 4.78 is 52.3. The number of nitrogens with two attached hydrogens (primary N) is 1. The highest BCUT2D eigenvalue weighted by molar-refractivity contribution is 6.36. The van der Waals surface area contributed by atoms with Gasteiger partial charge in [0.25, 0.3) is 0 Å². The fraction of sp³-hybridized carbons (Fsp3) is 0.160. The molecule has 0 saturated carbocycles. The van der Waals surface area contributed by atoms with E-state index in [9.17, 15) is 9.18 Å². The van der Waals surface area contributed by atoms with Crippen LogP contribution in [0.25, 0.3) is 16.9 Å². The highest BCUT2D eigenvalue weighted by atomic mass is 35.5. The number of para-hydroxylation sites is 1. The minimum absolute atomic E-state index is 0.0762. The van der Waals surface area contributed by atoms with Gasteiger partial charge >= 0.3 is 6.03 Å². The number of carbonyl (C=O) groups excluding carboxylic acids is 1. The third-order valence-corrected chi connectivity index (χ3v) is 6.56. The van der Waals surface area contributed by atoms with Crippen LogP contribution < -0.4 is 20.7 Å². The molecule has 4 aromatic rings. The van der Waals surface area contributed by atoms with Crippen molar-refractivity contribution >= 4 is 40.7 Å². The van der Waals surface area contributed by atoms with Crippen LogP contribution in [0.4, 0.5) is 29.5 Å². The molecule has 2 aromatic heterocycles. The SMILES string of the molecule is COc1cccc(F)c1-n1nc2c(c1-c1cc(F)c(NC(N)=O)cc1F)CN(c1ncc(Cl)cc1Cl)CC2. The predicted molar refractivity (Wildman–Crippen MR) is 138 cm³/mol. The Kier molecular flexibility index (Phi) is 6.80. The van der Waals surface area contributed by atoms with Gasteiger partial charge in [0.05, 0.1) is 34.2 Å². The van der Waals surface area contributed by atoms with Gasteiger partial charge in [0, 0.05) is 42.9 Å². The lowest BCUT2D eigenvalue weighted by atomic mass is 9.99. The minimum atomic E-state index is -1.06. The van der Waals surface area contributed by atoms with Gasteiger partial charge in [-0.3, -0.25) is 0 Å². The molecule has 0 unspecified atom stereocenters. The molecule has 8 nitrogen and oxygen atoms in total. The predicted octanol–water partition coefficient (Wildman–Crippen LogP) is 5.72. The highest BCUT2D eigenvalue weighted by Gasteiger charge is 2.31. The number of anilines is 2. The van der Waals surface area contributed by atoms with E-state index in [-0.39, 0.29) is 29.2 Å². The summed E-state index contributed by atoms with van der Waals surface area (Å²) in [5.41, 5.74) is 5.48. The molecule has 3 heterocycles. The Balaban J connectivity index is 1.73. The van der Waals surface area contributed by atoms with Gasteiger partial charge in [-0.1, -0.05) is 29.3 Å². The Hall–Kier alpha value is -3.96. The number of hydrogen-bond donors (Lipinski definition) is 2. The number of nitrogens with one attached hydrogen (secondary N) is 1. The van der Waals surface area contributed by atoms with E-state index in [1.165, 1.54) is 36.2 Å². The van der Waals surface area contributed by atoms with Gasteiger partial charge in [-0.2, -0.15) is 5.10 Å². The number of pyridine rings is 1. The van der Waals surface area contributed by atoms with Crippen LogP contribution >= 0.6 is 23.2 Å². The van der Waals surface area contributed by atoms with Crippen molar-refractivity contribution in [1.82, 2.24) is 14.8 Å². The number of methoxy groups -OCH3 is 1. The average molecular weight is 563 g/mol. The van der Waals surface area contributed by atoms with Gasteiger partial charge in [-0.25, -0.2) is 27.6 Å². The number of rotatable bonds is 5. The number of fused-ring (bicyclic) bond motifs is 1. The molecule has 0 bridgehead atoms. The molecule has 196 valence electrons. The molecule has 0 radical (unpaired) electrons. The van der Waals surface area contributed by atoms with E-state index in [4.69, 9.17) is 33.7 Å². The van der Waals surface area contributed by atoms with Crippen LogP contribution in [-0.4, -0.2) is 34.5 Å². The summed E-state index contributed by atoms with van der Waals surface area (Å²) in [6, 6.07) is 6.39. The Morgan fingerprint density at radius 1 is 1.13 bits per heavy atom. The molecule has 0 saturated heterocycles. The molecular weight excluding hydrogens is 544 g/mol. The number of hydrogen-bond acceptors (Lipinski definition) is 5. The molecule has 0 atom stereocenters. The van der Waals surface area contributed by atoms with Crippen molar-refractivity contribution in [2.24, 2.45) is 5.73 Å². The molecule has 0 fully saturated rings. The largest absolute Gasteiger partial charge is 0.494 e. The lowest BCUT2D eigenvalue weighted by Crippen LogP contribution is -2.31. The van der Waals surface area contributed by atoms with Crippen molar-refractivity contribution in [3.8, 4) is 22.7 Å². The number of carbonyl (C=O) groups is 1.